The van der Waals surface area contributed by atoms with E-state index in [1.165, 1.54) is 44.6 Å². The van der Waals surface area contributed by atoms with Crippen molar-refractivity contribution >= 4 is 5.97 Å². The minimum atomic E-state index is -0.276. The van der Waals surface area contributed by atoms with Gasteiger partial charge in [-0.2, -0.15) is 0 Å². The summed E-state index contributed by atoms with van der Waals surface area (Å²) in [7, 11) is 0. The Morgan fingerprint density at radius 3 is 2.50 bits per heavy atom. The smallest absolute Gasteiger partial charge is 0.302 e. The van der Waals surface area contributed by atoms with Crippen LogP contribution in [0.25, 0.3) is 33.5 Å². The highest BCUT2D eigenvalue weighted by Crippen LogP contribution is 2.51. The number of aromatic hydroxyl groups is 1. The average Bonchev–Trinajstić information content (AvgIpc) is 2.96. The molecular weight excluding hydrogens is 470 g/mol. The van der Waals surface area contributed by atoms with E-state index < -0.39 is 0 Å². The van der Waals surface area contributed by atoms with E-state index in [2.05, 4.69) is 42.5 Å². The Bertz CT molecular complexity index is 1470. The molecule has 0 spiro atoms. The number of benzene rings is 3. The Labute approximate surface area is 224 Å². The number of rotatable bonds is 5. The second-order valence-corrected chi connectivity index (χ2v) is 10.6. The zero-order valence-corrected chi connectivity index (χ0v) is 21.8. The van der Waals surface area contributed by atoms with Crippen LogP contribution in [-0.4, -0.2) is 22.7 Å². The molecular formula is C34H33NO3. The lowest BCUT2D eigenvalue weighted by Crippen LogP contribution is -2.22. The molecule has 2 aliphatic rings. The summed E-state index contributed by atoms with van der Waals surface area (Å²) in [6.45, 7) is 1.77. The fourth-order valence-electron chi connectivity index (χ4n) is 6.49. The number of phenolic OH excluding ortho intramolecular Hbond substituents is 1. The van der Waals surface area contributed by atoms with Gasteiger partial charge in [0.2, 0.25) is 0 Å². The van der Waals surface area contributed by atoms with Gasteiger partial charge >= 0.3 is 5.97 Å². The Balaban J connectivity index is 1.51. The van der Waals surface area contributed by atoms with Crippen LogP contribution in [-0.2, 0) is 16.0 Å². The van der Waals surface area contributed by atoms with Crippen LogP contribution in [0.4, 0.5) is 0 Å². The standard InChI is InChI=1S/C34H33NO3/c1-22(36)38-21-26-19-30-28(31-20-25(17-18-35-31)23-9-4-2-5-10-23)13-8-14-29(30)34-32(37)16-15-27(33(26)34)24-11-6-3-7-12-24/h2,4-5,8-10,13-18,20,24,26,37H,3,6-7,11-12,19,21H2,1H3. The van der Waals surface area contributed by atoms with E-state index in [0.717, 1.165) is 51.1 Å². The molecule has 1 aromatic heterocycles. The monoisotopic (exact) mass is 503 g/mol. The van der Waals surface area contributed by atoms with Gasteiger partial charge in [-0.3, -0.25) is 9.78 Å². The number of phenols is 1. The van der Waals surface area contributed by atoms with E-state index in [0.29, 0.717) is 12.5 Å². The SMILES string of the molecule is CC(=O)OCC1Cc2c(-c3cc(-c4ccccc4)ccn3)cccc2-c2c(O)ccc(C3CCCCC3)c21. The van der Waals surface area contributed by atoms with Crippen LogP contribution in [0.5, 0.6) is 5.75 Å². The van der Waals surface area contributed by atoms with E-state index in [9.17, 15) is 9.90 Å². The number of carbonyl (C=O) groups excluding carboxylic acids is 1. The number of fused-ring (bicyclic) bond motifs is 3. The van der Waals surface area contributed by atoms with Gasteiger partial charge in [0.05, 0.1) is 12.3 Å². The van der Waals surface area contributed by atoms with Crippen LogP contribution in [0.1, 0.15) is 67.6 Å². The van der Waals surface area contributed by atoms with Gasteiger partial charge in [0.25, 0.3) is 0 Å². The minimum absolute atomic E-state index is 0.0242. The van der Waals surface area contributed by atoms with Gasteiger partial charge < -0.3 is 9.84 Å². The molecule has 0 radical (unpaired) electrons. The minimum Gasteiger partial charge on any atom is -0.507 e. The lowest BCUT2D eigenvalue weighted by molar-refractivity contribution is -0.141. The lowest BCUT2D eigenvalue weighted by atomic mass is 9.71. The molecule has 1 heterocycles. The molecule has 4 heteroatoms. The van der Waals surface area contributed by atoms with Gasteiger partial charge in [-0.1, -0.05) is 73.9 Å². The molecule has 2 aliphatic carbocycles. The predicted octanol–water partition coefficient (Wildman–Crippen LogP) is 8.04. The van der Waals surface area contributed by atoms with Crippen molar-refractivity contribution in [2.75, 3.05) is 6.61 Å². The third-order valence-corrected chi connectivity index (χ3v) is 8.24. The second kappa shape index (κ2) is 10.4. The van der Waals surface area contributed by atoms with Crippen LogP contribution in [0.3, 0.4) is 0 Å². The van der Waals surface area contributed by atoms with E-state index in [1.54, 1.807) is 0 Å². The lowest BCUT2D eigenvalue weighted by Gasteiger charge is -2.34. The third kappa shape index (κ3) is 4.60. The van der Waals surface area contributed by atoms with Crippen LogP contribution in [0.15, 0.2) is 79.0 Å². The molecule has 4 aromatic rings. The zero-order valence-electron chi connectivity index (χ0n) is 21.8. The summed E-state index contributed by atoms with van der Waals surface area (Å²) in [5.74, 6) is 0.467. The van der Waals surface area contributed by atoms with E-state index >= 15 is 0 Å². The van der Waals surface area contributed by atoms with Crippen molar-refractivity contribution in [3.8, 4) is 39.3 Å². The maximum atomic E-state index is 11.9. The molecule has 1 atom stereocenters. The highest BCUT2D eigenvalue weighted by molar-refractivity contribution is 5.86. The first-order chi connectivity index (χ1) is 18.6. The largest absolute Gasteiger partial charge is 0.507 e. The van der Waals surface area contributed by atoms with Crippen LogP contribution in [0.2, 0.25) is 0 Å². The summed E-state index contributed by atoms with van der Waals surface area (Å²) in [6, 6.07) is 24.8. The Kier molecular flexibility index (Phi) is 6.71. The molecule has 1 fully saturated rings. The van der Waals surface area contributed by atoms with Crippen molar-refractivity contribution in [3.05, 3.63) is 95.7 Å². The summed E-state index contributed by atoms with van der Waals surface area (Å²) in [4.78, 5) is 16.6. The quantitative estimate of drug-likeness (QED) is 0.280. The number of esters is 1. The van der Waals surface area contributed by atoms with Crippen molar-refractivity contribution in [1.29, 1.82) is 0 Å². The Morgan fingerprint density at radius 1 is 0.921 bits per heavy atom. The summed E-state index contributed by atoms with van der Waals surface area (Å²) in [6.07, 6.45) is 8.68. The summed E-state index contributed by atoms with van der Waals surface area (Å²) in [5, 5.41) is 11.3. The van der Waals surface area contributed by atoms with Gasteiger partial charge in [-0.15, -0.1) is 0 Å². The van der Waals surface area contributed by atoms with Gasteiger partial charge in [0, 0.05) is 30.2 Å². The first kappa shape index (κ1) is 24.4. The fraction of sp³-hybridized carbons (Fsp3) is 0.294. The summed E-state index contributed by atoms with van der Waals surface area (Å²) < 4.78 is 5.62. The maximum absolute atomic E-state index is 11.9. The van der Waals surface area contributed by atoms with Crippen molar-refractivity contribution in [3.63, 3.8) is 0 Å². The molecule has 1 saturated carbocycles. The molecule has 4 nitrogen and oxygen atoms in total. The fourth-order valence-corrected chi connectivity index (χ4v) is 6.49. The van der Waals surface area contributed by atoms with Crippen molar-refractivity contribution in [1.82, 2.24) is 4.98 Å². The summed E-state index contributed by atoms with van der Waals surface area (Å²) >= 11 is 0. The molecule has 38 heavy (non-hydrogen) atoms. The number of ether oxygens (including phenoxy) is 1. The number of hydrogen-bond acceptors (Lipinski definition) is 4. The molecule has 6 rings (SSSR count). The van der Waals surface area contributed by atoms with Crippen molar-refractivity contribution < 1.29 is 14.6 Å². The molecule has 3 aromatic carbocycles. The van der Waals surface area contributed by atoms with Crippen LogP contribution in [0, 0.1) is 0 Å². The van der Waals surface area contributed by atoms with Gasteiger partial charge in [-0.05, 0) is 76.8 Å². The van der Waals surface area contributed by atoms with Gasteiger partial charge in [0.1, 0.15) is 5.75 Å². The Hall–Kier alpha value is -3.92. The maximum Gasteiger partial charge on any atom is 0.302 e. The Morgan fingerprint density at radius 2 is 1.71 bits per heavy atom. The second-order valence-electron chi connectivity index (χ2n) is 10.6. The van der Waals surface area contributed by atoms with Crippen LogP contribution >= 0.6 is 0 Å². The summed E-state index contributed by atoms with van der Waals surface area (Å²) in [5.41, 5.74) is 9.79. The number of hydrogen-bond donors (Lipinski definition) is 1. The number of aromatic nitrogens is 1. The third-order valence-electron chi connectivity index (χ3n) is 8.24. The van der Waals surface area contributed by atoms with Gasteiger partial charge in [-0.25, -0.2) is 0 Å². The highest BCUT2D eigenvalue weighted by atomic mass is 16.5. The van der Waals surface area contributed by atoms with E-state index in [4.69, 9.17) is 9.72 Å². The topological polar surface area (TPSA) is 59.4 Å². The molecule has 0 saturated heterocycles. The number of pyridine rings is 1. The first-order valence-electron chi connectivity index (χ1n) is 13.7. The van der Waals surface area contributed by atoms with E-state index in [1.807, 2.05) is 36.5 Å². The molecule has 1 unspecified atom stereocenters. The van der Waals surface area contributed by atoms with Crippen molar-refractivity contribution in [2.24, 2.45) is 0 Å². The first-order valence-corrected chi connectivity index (χ1v) is 13.7. The highest BCUT2D eigenvalue weighted by Gasteiger charge is 2.34. The molecule has 1 N–H and O–H groups in total. The van der Waals surface area contributed by atoms with Gasteiger partial charge in [0.15, 0.2) is 0 Å². The molecule has 0 bridgehead atoms. The van der Waals surface area contributed by atoms with E-state index in [-0.39, 0.29) is 17.6 Å². The number of carbonyl (C=O) groups is 1. The molecule has 0 amide bonds. The van der Waals surface area contributed by atoms with Crippen molar-refractivity contribution in [2.45, 2.75) is 57.3 Å². The average molecular weight is 504 g/mol. The predicted molar refractivity (Wildman–Crippen MR) is 151 cm³/mol. The zero-order chi connectivity index (χ0) is 26.1. The number of nitrogens with zero attached hydrogens (tertiary/aromatic N) is 1. The van der Waals surface area contributed by atoms with Crippen LogP contribution < -0.4 is 0 Å². The normalized spacial score (nSPS) is 16.9. The molecule has 0 aliphatic heterocycles. The molecule has 192 valence electrons.